The molecule has 0 aliphatic heterocycles. The molecular formula is C30H37Cl3N11Os-3. The predicted molar refractivity (Wildman–Crippen MR) is 162 cm³/mol. The van der Waals surface area contributed by atoms with Gasteiger partial charge in [-0.15, -0.1) is 0 Å². The van der Waals surface area contributed by atoms with E-state index in [1.165, 1.54) is 5.69 Å². The number of aryl methyl sites for hydroxylation is 4. The van der Waals surface area contributed by atoms with Crippen molar-refractivity contribution in [1.29, 1.82) is 0 Å². The van der Waals surface area contributed by atoms with Crippen LogP contribution in [0, 0.1) is 0 Å². The van der Waals surface area contributed by atoms with E-state index in [-0.39, 0.29) is 57.0 Å². The van der Waals surface area contributed by atoms with Gasteiger partial charge in [0.1, 0.15) is 0 Å². The Morgan fingerprint density at radius 2 is 0.911 bits per heavy atom. The molecule has 45 heavy (non-hydrogen) atoms. The van der Waals surface area contributed by atoms with Crippen molar-refractivity contribution in [2.75, 3.05) is 18.0 Å². The van der Waals surface area contributed by atoms with E-state index >= 15 is 0 Å². The maximum Gasteiger partial charge on any atom is 0.176 e. The Morgan fingerprint density at radius 3 is 1.22 bits per heavy atom. The number of pyridine rings is 2. The molecule has 6 heterocycles. The van der Waals surface area contributed by atoms with Gasteiger partial charge in [-0.25, -0.2) is 19.9 Å². The summed E-state index contributed by atoms with van der Waals surface area (Å²) in [6.07, 6.45) is 18.3. The number of hydrogen-bond donors (Lipinski definition) is 0. The van der Waals surface area contributed by atoms with Gasteiger partial charge in [-0.05, 0) is 38.1 Å². The van der Waals surface area contributed by atoms with Crippen LogP contribution in [-0.4, -0.2) is 61.3 Å². The molecule has 6 aromatic heterocycles. The van der Waals surface area contributed by atoms with Crippen molar-refractivity contribution in [3.8, 4) is 34.7 Å². The second-order valence-electron chi connectivity index (χ2n) is 9.23. The molecule has 0 N–H and O–H groups in total. The fraction of sp³-hybridized carbons (Fsp3) is 0.267. The van der Waals surface area contributed by atoms with Crippen LogP contribution in [0.4, 0.5) is 5.69 Å². The molecular weight excluding hydrogens is 811 g/mol. The third kappa shape index (κ3) is 10.8. The smallest absolute Gasteiger partial charge is 0.176 e. The fourth-order valence-corrected chi connectivity index (χ4v) is 4.18. The van der Waals surface area contributed by atoms with Gasteiger partial charge in [0, 0.05) is 129 Å². The maximum absolute atomic E-state index is 4.37. The third-order valence-corrected chi connectivity index (χ3v) is 6.48. The number of anilines is 1. The maximum atomic E-state index is 4.37. The normalized spacial score (nSPS) is 9.47. The summed E-state index contributed by atoms with van der Waals surface area (Å²) >= 11 is 0. The van der Waals surface area contributed by atoms with Crippen LogP contribution >= 0.6 is 0 Å². The molecule has 0 radical (unpaired) electrons. The van der Waals surface area contributed by atoms with E-state index in [1.807, 2.05) is 102 Å². The van der Waals surface area contributed by atoms with Gasteiger partial charge in [-0.2, -0.15) is 0 Å². The van der Waals surface area contributed by atoms with Gasteiger partial charge in [-0.1, -0.05) is 6.07 Å². The molecule has 15 heteroatoms. The van der Waals surface area contributed by atoms with Crippen LogP contribution in [0.1, 0.15) is 13.8 Å². The van der Waals surface area contributed by atoms with Crippen molar-refractivity contribution in [2.45, 2.75) is 13.8 Å². The number of imidazole rings is 4. The Bertz CT molecular complexity index is 1490. The summed E-state index contributed by atoms with van der Waals surface area (Å²) in [5.41, 5.74) is 3.04. The molecule has 0 saturated carbocycles. The summed E-state index contributed by atoms with van der Waals surface area (Å²) in [6, 6.07) is 10.0. The van der Waals surface area contributed by atoms with Crippen LogP contribution < -0.4 is 42.1 Å². The topological polar surface area (TPSA) is 100 Å². The minimum absolute atomic E-state index is 0. The molecule has 0 aromatic carbocycles. The second kappa shape index (κ2) is 20.5. The quantitative estimate of drug-likeness (QED) is 0.167. The van der Waals surface area contributed by atoms with Crippen LogP contribution in [0.25, 0.3) is 34.7 Å². The first kappa shape index (κ1) is 41.4. The van der Waals surface area contributed by atoms with E-state index in [4.69, 9.17) is 0 Å². The van der Waals surface area contributed by atoms with E-state index in [0.29, 0.717) is 0 Å². The Balaban J connectivity index is 0.000000630. The Morgan fingerprint density at radius 1 is 0.511 bits per heavy atom. The molecule has 0 aliphatic carbocycles. The van der Waals surface area contributed by atoms with Gasteiger partial charge in [0.25, 0.3) is 0 Å². The number of rotatable bonds is 6. The Labute approximate surface area is 296 Å². The molecule has 0 unspecified atom stereocenters. The first-order valence-corrected chi connectivity index (χ1v) is 13.4. The van der Waals surface area contributed by atoms with E-state index in [1.54, 1.807) is 31.0 Å². The zero-order chi connectivity index (χ0) is 29.2. The molecule has 6 rings (SSSR count). The summed E-state index contributed by atoms with van der Waals surface area (Å²) in [7, 11) is 7.82. The average Bonchev–Trinajstić information content (AvgIpc) is 3.80. The number of nitrogens with zero attached hydrogens (tertiary/aromatic N) is 11. The van der Waals surface area contributed by atoms with Gasteiger partial charge < -0.3 is 60.4 Å². The van der Waals surface area contributed by atoms with Gasteiger partial charge in [0.15, 0.2) is 23.3 Å². The molecule has 0 aliphatic rings. The average molecular weight is 848 g/mol. The van der Waals surface area contributed by atoms with E-state index < -0.39 is 0 Å². The molecule has 0 bridgehead atoms. The van der Waals surface area contributed by atoms with Crippen LogP contribution in [0.3, 0.4) is 0 Å². The largest absolute Gasteiger partial charge is 1.00 e. The summed E-state index contributed by atoms with van der Waals surface area (Å²) in [5, 5.41) is 0. The molecule has 11 nitrogen and oxygen atoms in total. The van der Waals surface area contributed by atoms with Gasteiger partial charge >= 0.3 is 0 Å². The van der Waals surface area contributed by atoms with E-state index in [2.05, 4.69) is 54.7 Å². The molecule has 244 valence electrons. The number of hydrogen-bond acceptors (Lipinski definition) is 7. The standard InChI is InChI=1S/C14H17N3.2C8H10N4.3ClH.Os/c1-3-17(4-2)12-8-10-16-14(11-12)13-7-5-6-9-15-13;2*1-11-5-3-9-7(11)8-10-4-6-12(8)2;;;;/h5-11H,3-4H2,1-2H3;2*3-6H,1-2H3;3*1H;/p-3. The summed E-state index contributed by atoms with van der Waals surface area (Å²) in [4.78, 5) is 27.8. The molecule has 0 saturated heterocycles. The van der Waals surface area contributed by atoms with Crippen molar-refractivity contribution in [1.82, 2.24) is 48.2 Å². The first-order chi connectivity index (χ1) is 19.9. The van der Waals surface area contributed by atoms with Crippen molar-refractivity contribution in [3.63, 3.8) is 0 Å². The third-order valence-electron chi connectivity index (χ3n) is 6.48. The molecule has 6 aromatic rings. The summed E-state index contributed by atoms with van der Waals surface area (Å²) in [5.74, 6) is 3.56. The number of aromatic nitrogens is 10. The van der Waals surface area contributed by atoms with E-state index in [9.17, 15) is 0 Å². The van der Waals surface area contributed by atoms with Crippen molar-refractivity contribution < 1.29 is 57.0 Å². The minimum atomic E-state index is 0. The Kier molecular flexibility index (Phi) is 18.9. The monoisotopic (exact) mass is 848 g/mol. The van der Waals surface area contributed by atoms with Crippen LogP contribution in [-0.2, 0) is 48.0 Å². The molecule has 0 fully saturated rings. The zero-order valence-corrected chi connectivity index (χ0v) is 30.8. The van der Waals surface area contributed by atoms with Gasteiger partial charge in [0.05, 0.1) is 11.4 Å². The van der Waals surface area contributed by atoms with Crippen molar-refractivity contribution >= 4 is 5.69 Å². The summed E-state index contributed by atoms with van der Waals surface area (Å²) in [6.45, 7) is 6.32. The van der Waals surface area contributed by atoms with Crippen molar-refractivity contribution in [2.24, 2.45) is 28.2 Å². The van der Waals surface area contributed by atoms with Crippen molar-refractivity contribution in [3.05, 3.63) is 92.3 Å². The second-order valence-corrected chi connectivity index (χ2v) is 9.23. The van der Waals surface area contributed by atoms with Gasteiger partial charge in [0.2, 0.25) is 0 Å². The SMILES string of the molecule is CCN(CC)c1ccnc(-c2ccccn2)c1.Cn1ccnc1-c1nccn1C.Cn1ccnc1-c1nccn1C.[Cl-].[Cl-].[Cl-].[Os]. The van der Waals surface area contributed by atoms with Crippen LogP contribution in [0.5, 0.6) is 0 Å². The molecule has 0 spiro atoms. The van der Waals surface area contributed by atoms with E-state index in [0.717, 1.165) is 47.8 Å². The Hall–Kier alpha value is -3.55. The number of halogens is 3. The van der Waals surface area contributed by atoms with Gasteiger partial charge in [-0.3, -0.25) is 9.97 Å². The molecule has 0 atom stereocenters. The zero-order valence-electron chi connectivity index (χ0n) is 26.0. The summed E-state index contributed by atoms with van der Waals surface area (Å²) < 4.78 is 7.79. The minimum Gasteiger partial charge on any atom is -1.00 e. The predicted octanol–water partition coefficient (Wildman–Crippen LogP) is -4.36. The van der Waals surface area contributed by atoms with Crippen LogP contribution in [0.2, 0.25) is 0 Å². The fourth-order valence-electron chi connectivity index (χ4n) is 4.18. The molecule has 0 amide bonds. The van der Waals surface area contributed by atoms with Crippen LogP contribution in [0.15, 0.2) is 92.3 Å². The first-order valence-electron chi connectivity index (χ1n) is 13.4.